The van der Waals surface area contributed by atoms with Crippen molar-refractivity contribution in [1.29, 1.82) is 0 Å². The van der Waals surface area contributed by atoms with E-state index in [9.17, 15) is 4.79 Å². The molecule has 1 heterocycles. The van der Waals surface area contributed by atoms with Crippen molar-refractivity contribution in [2.75, 3.05) is 0 Å². The van der Waals surface area contributed by atoms with Gasteiger partial charge in [0.1, 0.15) is 0 Å². The lowest BCUT2D eigenvalue weighted by Gasteiger charge is -2.05. The zero-order valence-electron chi connectivity index (χ0n) is 9.37. The van der Waals surface area contributed by atoms with Gasteiger partial charge in [0.05, 0.1) is 5.56 Å². The van der Waals surface area contributed by atoms with Crippen LogP contribution >= 0.6 is 23.4 Å². The fourth-order valence-corrected chi connectivity index (χ4v) is 2.41. The van der Waals surface area contributed by atoms with Crippen molar-refractivity contribution in [1.82, 2.24) is 20.2 Å². The molecule has 0 amide bonds. The molecule has 8 heteroatoms. The minimum absolute atomic E-state index is 0.238. The maximum Gasteiger partial charge on any atom is 0.335 e. The molecular weight excluding hydrogens is 276 g/mol. The van der Waals surface area contributed by atoms with Gasteiger partial charge in [0.25, 0.3) is 0 Å². The van der Waals surface area contributed by atoms with Crippen LogP contribution in [-0.4, -0.2) is 31.3 Å². The normalized spacial score (nSPS) is 10.6. The molecule has 0 aliphatic carbocycles. The molecule has 0 radical (unpaired) electrons. The van der Waals surface area contributed by atoms with E-state index in [1.165, 1.54) is 22.5 Å². The van der Waals surface area contributed by atoms with Crippen LogP contribution in [0.4, 0.5) is 0 Å². The second kappa shape index (κ2) is 5.36. The van der Waals surface area contributed by atoms with E-state index < -0.39 is 5.97 Å². The van der Waals surface area contributed by atoms with Crippen molar-refractivity contribution in [3.63, 3.8) is 0 Å². The quantitative estimate of drug-likeness (QED) is 0.863. The van der Waals surface area contributed by atoms with Gasteiger partial charge in [-0.15, -0.1) is 5.10 Å². The highest BCUT2D eigenvalue weighted by molar-refractivity contribution is 7.98. The van der Waals surface area contributed by atoms with Crippen LogP contribution in [0.15, 0.2) is 23.4 Å². The fourth-order valence-electron chi connectivity index (χ4n) is 1.38. The van der Waals surface area contributed by atoms with Crippen LogP contribution in [-0.2, 0) is 12.8 Å². The van der Waals surface area contributed by atoms with Crippen molar-refractivity contribution in [2.24, 2.45) is 7.05 Å². The summed E-state index contributed by atoms with van der Waals surface area (Å²) >= 11 is 7.22. The number of carbonyl (C=O) groups is 1. The lowest BCUT2D eigenvalue weighted by atomic mass is 10.1. The summed E-state index contributed by atoms with van der Waals surface area (Å²) in [5, 5.41) is 21.2. The third-order valence-electron chi connectivity index (χ3n) is 2.24. The molecule has 94 valence electrons. The Kier molecular flexibility index (Phi) is 3.83. The molecule has 0 aliphatic rings. The number of hydrogen-bond acceptors (Lipinski definition) is 5. The van der Waals surface area contributed by atoms with Crippen molar-refractivity contribution in [3.05, 3.63) is 34.3 Å². The Morgan fingerprint density at radius 3 is 2.94 bits per heavy atom. The first-order chi connectivity index (χ1) is 8.58. The molecule has 18 heavy (non-hydrogen) atoms. The van der Waals surface area contributed by atoms with E-state index in [2.05, 4.69) is 15.5 Å². The molecule has 0 spiro atoms. The topological polar surface area (TPSA) is 80.9 Å². The van der Waals surface area contributed by atoms with E-state index >= 15 is 0 Å². The average molecular weight is 285 g/mol. The van der Waals surface area contributed by atoms with E-state index in [1.807, 2.05) is 0 Å². The van der Waals surface area contributed by atoms with Gasteiger partial charge in [-0.1, -0.05) is 23.4 Å². The number of nitrogens with zero attached hydrogens (tertiary/aromatic N) is 4. The molecular formula is C10H9ClN4O2S. The van der Waals surface area contributed by atoms with E-state index in [1.54, 1.807) is 19.2 Å². The molecule has 0 unspecified atom stereocenters. The number of aromatic nitrogens is 4. The van der Waals surface area contributed by atoms with Gasteiger partial charge in [0.15, 0.2) is 0 Å². The summed E-state index contributed by atoms with van der Waals surface area (Å²) in [6, 6.07) is 4.69. The minimum atomic E-state index is -0.974. The molecule has 0 atom stereocenters. The summed E-state index contributed by atoms with van der Waals surface area (Å²) in [6.45, 7) is 0. The first-order valence-corrected chi connectivity index (χ1v) is 6.31. The number of aromatic carboxylic acids is 1. The maximum atomic E-state index is 11.1. The van der Waals surface area contributed by atoms with Gasteiger partial charge in [-0.05, 0) is 34.2 Å². The molecule has 2 rings (SSSR count). The van der Waals surface area contributed by atoms with Crippen LogP contribution in [0.3, 0.4) is 0 Å². The molecule has 6 nitrogen and oxygen atoms in total. The van der Waals surface area contributed by atoms with Crippen molar-refractivity contribution >= 4 is 29.3 Å². The highest BCUT2D eigenvalue weighted by atomic mass is 35.5. The summed E-state index contributed by atoms with van der Waals surface area (Å²) in [5.74, 6) is -0.533. The third-order valence-corrected chi connectivity index (χ3v) is 3.53. The number of hydrogen-bond donors (Lipinski definition) is 1. The van der Waals surface area contributed by atoms with Crippen molar-refractivity contribution < 1.29 is 9.90 Å². The van der Waals surface area contributed by atoms with Gasteiger partial charge in [-0.3, -0.25) is 0 Å². The number of carboxylic acids is 1. The highest BCUT2D eigenvalue weighted by Gasteiger charge is 2.12. The molecule has 1 aromatic heterocycles. The Balaban J connectivity index is 2.20. The predicted molar refractivity (Wildman–Crippen MR) is 66.8 cm³/mol. The smallest absolute Gasteiger partial charge is 0.335 e. The Morgan fingerprint density at radius 1 is 1.56 bits per heavy atom. The van der Waals surface area contributed by atoms with Gasteiger partial charge in [0, 0.05) is 17.8 Å². The summed E-state index contributed by atoms with van der Waals surface area (Å²) in [4.78, 5) is 11.1. The predicted octanol–water partition coefficient (Wildman–Crippen LogP) is 1.85. The lowest BCUT2D eigenvalue weighted by Crippen LogP contribution is -2.02. The Labute approximate surface area is 112 Å². The number of benzene rings is 1. The fraction of sp³-hybridized carbons (Fsp3) is 0.200. The standard InChI is InChI=1S/C10H9ClN4O2S/c1-15-10(12-13-14-15)18-5-6-4-7(11)2-3-8(6)9(16)17/h2-4H,5H2,1H3,(H,16,17). The maximum absolute atomic E-state index is 11.1. The van der Waals surface area contributed by atoms with Crippen LogP contribution in [0, 0.1) is 0 Å². The molecule has 0 aliphatic heterocycles. The summed E-state index contributed by atoms with van der Waals surface area (Å²) in [7, 11) is 1.72. The highest BCUT2D eigenvalue weighted by Crippen LogP contribution is 2.24. The van der Waals surface area contributed by atoms with Gasteiger partial charge < -0.3 is 5.11 Å². The molecule has 0 saturated carbocycles. The largest absolute Gasteiger partial charge is 0.478 e. The molecule has 1 aromatic carbocycles. The third kappa shape index (κ3) is 2.80. The van der Waals surface area contributed by atoms with Gasteiger partial charge >= 0.3 is 5.97 Å². The molecule has 2 aromatic rings. The SMILES string of the molecule is Cn1nnnc1SCc1cc(Cl)ccc1C(=O)O. The summed E-state index contributed by atoms with van der Waals surface area (Å²) in [6.07, 6.45) is 0. The zero-order valence-corrected chi connectivity index (χ0v) is 10.9. The van der Waals surface area contributed by atoms with E-state index in [-0.39, 0.29) is 5.56 Å². The van der Waals surface area contributed by atoms with Crippen LogP contribution in [0.1, 0.15) is 15.9 Å². The molecule has 1 N–H and O–H groups in total. The number of carboxylic acid groups (broad SMARTS) is 1. The minimum Gasteiger partial charge on any atom is -0.478 e. The number of tetrazole rings is 1. The number of aryl methyl sites for hydroxylation is 1. The van der Waals surface area contributed by atoms with Gasteiger partial charge in [0.2, 0.25) is 5.16 Å². The van der Waals surface area contributed by atoms with Crippen LogP contribution in [0.25, 0.3) is 0 Å². The number of thioether (sulfide) groups is 1. The van der Waals surface area contributed by atoms with E-state index in [4.69, 9.17) is 16.7 Å². The second-order valence-corrected chi connectivity index (χ2v) is 4.86. The second-order valence-electron chi connectivity index (χ2n) is 3.48. The first-order valence-electron chi connectivity index (χ1n) is 4.95. The summed E-state index contributed by atoms with van der Waals surface area (Å²) < 4.78 is 1.52. The zero-order chi connectivity index (χ0) is 13.1. The van der Waals surface area contributed by atoms with E-state index in [0.717, 1.165) is 0 Å². The number of rotatable bonds is 4. The van der Waals surface area contributed by atoms with E-state index in [0.29, 0.717) is 21.5 Å². The Morgan fingerprint density at radius 2 is 2.33 bits per heavy atom. The van der Waals surface area contributed by atoms with Gasteiger partial charge in [-0.2, -0.15) is 0 Å². The molecule has 0 bridgehead atoms. The Bertz CT molecular complexity index is 587. The first kappa shape index (κ1) is 12.8. The van der Waals surface area contributed by atoms with Crippen molar-refractivity contribution in [2.45, 2.75) is 10.9 Å². The van der Waals surface area contributed by atoms with Crippen molar-refractivity contribution in [3.8, 4) is 0 Å². The Hall–Kier alpha value is -1.60. The van der Waals surface area contributed by atoms with Crippen LogP contribution in [0.2, 0.25) is 5.02 Å². The average Bonchev–Trinajstić information content (AvgIpc) is 2.72. The molecule has 0 saturated heterocycles. The number of halogens is 1. The van der Waals surface area contributed by atoms with Crippen LogP contribution < -0.4 is 0 Å². The summed E-state index contributed by atoms with van der Waals surface area (Å²) in [5.41, 5.74) is 0.880. The van der Waals surface area contributed by atoms with Crippen LogP contribution in [0.5, 0.6) is 0 Å². The lowest BCUT2D eigenvalue weighted by molar-refractivity contribution is 0.0696. The van der Waals surface area contributed by atoms with Gasteiger partial charge in [-0.25, -0.2) is 9.48 Å². The molecule has 0 fully saturated rings. The monoisotopic (exact) mass is 284 g/mol.